The first-order chi connectivity index (χ1) is 7.97. The lowest BCUT2D eigenvalue weighted by atomic mass is 10.3. The zero-order chi connectivity index (χ0) is 12.6. The van der Waals surface area contributed by atoms with Crippen molar-refractivity contribution in [2.24, 2.45) is 5.73 Å². The Morgan fingerprint density at radius 3 is 2.88 bits per heavy atom. The van der Waals surface area contributed by atoms with E-state index >= 15 is 0 Å². The van der Waals surface area contributed by atoms with Crippen molar-refractivity contribution in [3.05, 3.63) is 26.1 Å². The van der Waals surface area contributed by atoms with Crippen LogP contribution in [0.5, 0.6) is 0 Å². The summed E-state index contributed by atoms with van der Waals surface area (Å²) in [6, 6.07) is 3.18. The first kappa shape index (κ1) is 12.8. The topological polar surface area (TPSA) is 68.0 Å². The van der Waals surface area contributed by atoms with Crippen LogP contribution in [0.4, 0.5) is 4.79 Å². The van der Waals surface area contributed by atoms with Gasteiger partial charge in [0.15, 0.2) is 0 Å². The van der Waals surface area contributed by atoms with Crippen molar-refractivity contribution in [1.82, 2.24) is 10.3 Å². The number of nitrogens with zero attached hydrogens (tertiary/aromatic N) is 1. The maximum Gasteiger partial charge on any atom is 0.312 e. The van der Waals surface area contributed by atoms with Gasteiger partial charge < -0.3 is 11.1 Å². The summed E-state index contributed by atoms with van der Waals surface area (Å²) in [5, 5.41) is 3.44. The number of carbonyl (C=O) groups is 1. The fourth-order valence-electron chi connectivity index (χ4n) is 1.44. The first-order valence-corrected chi connectivity index (χ1v) is 7.19. The molecule has 0 saturated heterocycles. The number of thiazole rings is 1. The molecule has 7 heteroatoms. The fraction of sp³-hybridized carbons (Fsp3) is 0.200. The predicted molar refractivity (Wildman–Crippen MR) is 76.2 cm³/mol. The van der Waals surface area contributed by atoms with Crippen LogP contribution in [0.25, 0.3) is 10.2 Å². The molecule has 4 nitrogen and oxygen atoms in total. The molecule has 2 aromatic rings. The lowest BCUT2D eigenvalue weighted by Gasteiger charge is -2.07. The van der Waals surface area contributed by atoms with Gasteiger partial charge in [-0.2, -0.15) is 0 Å². The van der Waals surface area contributed by atoms with Gasteiger partial charge >= 0.3 is 6.03 Å². The third-order valence-electron chi connectivity index (χ3n) is 2.16. The summed E-state index contributed by atoms with van der Waals surface area (Å²) in [4.78, 5) is 15.3. The molecule has 0 fully saturated rings. The molecule has 0 aliphatic rings. The van der Waals surface area contributed by atoms with E-state index < -0.39 is 6.03 Å². The molecule has 1 atom stereocenters. The number of rotatable bonds is 2. The summed E-state index contributed by atoms with van der Waals surface area (Å²) in [5.41, 5.74) is 5.98. The van der Waals surface area contributed by atoms with E-state index in [4.69, 9.17) is 5.73 Å². The standard InChI is InChI=1S/C10H9Br2N3OS/c1-4(14-10(13)16)9-15-7-3-5(11)2-6(12)8(7)17-9/h2-4H,1H3,(H3,13,14,16). The van der Waals surface area contributed by atoms with E-state index in [2.05, 4.69) is 42.2 Å². The van der Waals surface area contributed by atoms with Crippen molar-refractivity contribution >= 4 is 59.4 Å². The highest BCUT2D eigenvalue weighted by Gasteiger charge is 2.14. The van der Waals surface area contributed by atoms with Crippen LogP contribution in [0, 0.1) is 0 Å². The van der Waals surface area contributed by atoms with E-state index in [9.17, 15) is 4.79 Å². The zero-order valence-corrected chi connectivity index (χ0v) is 12.8. The molecule has 1 unspecified atom stereocenters. The number of halogens is 2. The number of aromatic nitrogens is 1. The third kappa shape index (κ3) is 2.78. The van der Waals surface area contributed by atoms with Gasteiger partial charge in [0.1, 0.15) is 5.01 Å². The van der Waals surface area contributed by atoms with Gasteiger partial charge in [-0.1, -0.05) is 15.9 Å². The van der Waals surface area contributed by atoms with Gasteiger partial charge in [-0.3, -0.25) is 0 Å². The summed E-state index contributed by atoms with van der Waals surface area (Å²) in [5.74, 6) is 0. The third-order valence-corrected chi connectivity index (χ3v) is 4.79. The van der Waals surface area contributed by atoms with Gasteiger partial charge in [0, 0.05) is 8.95 Å². The van der Waals surface area contributed by atoms with E-state index in [1.807, 2.05) is 19.1 Å². The predicted octanol–water partition coefficient (Wildman–Crippen LogP) is 3.55. The second kappa shape index (κ2) is 4.91. The highest BCUT2D eigenvalue weighted by Crippen LogP contribution is 2.34. The Labute approximate surface area is 119 Å². The molecule has 0 radical (unpaired) electrons. The summed E-state index contributed by atoms with van der Waals surface area (Å²) in [7, 11) is 0. The summed E-state index contributed by atoms with van der Waals surface area (Å²) < 4.78 is 3.00. The number of benzene rings is 1. The van der Waals surface area contributed by atoms with E-state index in [-0.39, 0.29) is 6.04 Å². The number of nitrogens with two attached hydrogens (primary N) is 1. The van der Waals surface area contributed by atoms with Crippen molar-refractivity contribution in [1.29, 1.82) is 0 Å². The molecule has 17 heavy (non-hydrogen) atoms. The summed E-state index contributed by atoms with van der Waals surface area (Å²) in [6.07, 6.45) is 0. The number of urea groups is 1. The Morgan fingerprint density at radius 1 is 1.53 bits per heavy atom. The second-order valence-corrected chi connectivity index (χ2v) is 6.32. The van der Waals surface area contributed by atoms with E-state index in [0.717, 1.165) is 24.2 Å². The SMILES string of the molecule is CC(NC(N)=O)c1nc2cc(Br)cc(Br)c2s1. The first-order valence-electron chi connectivity index (χ1n) is 4.79. The normalized spacial score (nSPS) is 12.6. The molecule has 1 aromatic carbocycles. The van der Waals surface area contributed by atoms with Crippen LogP contribution in [-0.2, 0) is 0 Å². The van der Waals surface area contributed by atoms with Gasteiger partial charge in [-0.15, -0.1) is 11.3 Å². The summed E-state index contributed by atoms with van der Waals surface area (Å²) >= 11 is 8.44. The molecule has 1 aromatic heterocycles. The molecule has 2 rings (SSSR count). The number of fused-ring (bicyclic) bond motifs is 1. The van der Waals surface area contributed by atoms with Crippen molar-refractivity contribution in [3.63, 3.8) is 0 Å². The molecule has 2 amide bonds. The van der Waals surface area contributed by atoms with Gasteiger partial charge in [0.2, 0.25) is 0 Å². The second-order valence-electron chi connectivity index (χ2n) is 3.52. The minimum atomic E-state index is -0.544. The molecule has 0 bridgehead atoms. The minimum Gasteiger partial charge on any atom is -0.352 e. The van der Waals surface area contributed by atoms with E-state index in [1.165, 1.54) is 11.3 Å². The van der Waals surface area contributed by atoms with Gasteiger partial charge in [0.05, 0.1) is 16.3 Å². The zero-order valence-electron chi connectivity index (χ0n) is 8.83. The van der Waals surface area contributed by atoms with Crippen LogP contribution < -0.4 is 11.1 Å². The van der Waals surface area contributed by atoms with Crippen molar-refractivity contribution in [2.45, 2.75) is 13.0 Å². The largest absolute Gasteiger partial charge is 0.352 e. The van der Waals surface area contributed by atoms with Crippen LogP contribution in [0.3, 0.4) is 0 Å². The minimum absolute atomic E-state index is 0.185. The molecular formula is C10H9Br2N3OS. The number of hydrogen-bond acceptors (Lipinski definition) is 3. The molecule has 0 saturated carbocycles. The Kier molecular flexibility index (Phi) is 3.70. The molecule has 0 aliphatic carbocycles. The number of nitrogens with one attached hydrogen (secondary N) is 1. The number of carbonyl (C=O) groups excluding carboxylic acids is 1. The molecule has 3 N–H and O–H groups in total. The van der Waals surface area contributed by atoms with Crippen LogP contribution in [-0.4, -0.2) is 11.0 Å². The molecular weight excluding hydrogens is 370 g/mol. The molecule has 90 valence electrons. The molecule has 1 heterocycles. The van der Waals surface area contributed by atoms with E-state index in [1.54, 1.807) is 0 Å². The van der Waals surface area contributed by atoms with Crippen LogP contribution in [0.1, 0.15) is 18.0 Å². The average Bonchev–Trinajstić information content (AvgIpc) is 2.60. The van der Waals surface area contributed by atoms with Crippen LogP contribution in [0.15, 0.2) is 21.1 Å². The van der Waals surface area contributed by atoms with Gasteiger partial charge in [-0.25, -0.2) is 9.78 Å². The lowest BCUT2D eigenvalue weighted by molar-refractivity contribution is 0.246. The molecule has 0 spiro atoms. The average molecular weight is 379 g/mol. The Hall–Kier alpha value is -0.660. The van der Waals surface area contributed by atoms with Crippen molar-refractivity contribution < 1.29 is 4.79 Å². The number of primary amides is 1. The Morgan fingerprint density at radius 2 is 2.24 bits per heavy atom. The summed E-state index contributed by atoms with van der Waals surface area (Å²) in [6.45, 7) is 1.85. The Bertz CT molecular complexity index is 584. The lowest BCUT2D eigenvalue weighted by Crippen LogP contribution is -2.31. The maximum atomic E-state index is 10.8. The Balaban J connectivity index is 2.44. The van der Waals surface area contributed by atoms with Crippen LogP contribution >= 0.6 is 43.2 Å². The molecule has 0 aliphatic heterocycles. The van der Waals surface area contributed by atoms with Crippen molar-refractivity contribution in [2.75, 3.05) is 0 Å². The highest BCUT2D eigenvalue weighted by molar-refractivity contribution is 9.11. The highest BCUT2D eigenvalue weighted by atomic mass is 79.9. The quantitative estimate of drug-likeness (QED) is 0.838. The van der Waals surface area contributed by atoms with Gasteiger partial charge in [0.25, 0.3) is 0 Å². The van der Waals surface area contributed by atoms with Crippen molar-refractivity contribution in [3.8, 4) is 0 Å². The maximum absolute atomic E-state index is 10.8. The smallest absolute Gasteiger partial charge is 0.312 e. The van der Waals surface area contributed by atoms with Crippen LogP contribution in [0.2, 0.25) is 0 Å². The van der Waals surface area contributed by atoms with E-state index in [0.29, 0.717) is 0 Å². The van der Waals surface area contributed by atoms with Gasteiger partial charge in [-0.05, 0) is 35.0 Å². The fourth-order valence-corrected chi connectivity index (χ4v) is 3.84. The number of amides is 2. The monoisotopic (exact) mass is 377 g/mol. The number of hydrogen-bond donors (Lipinski definition) is 2.